The first kappa shape index (κ1) is 10.7. The Bertz CT molecular complexity index is 177. The number of carboxylic acids is 1. The summed E-state index contributed by atoms with van der Waals surface area (Å²) in [6, 6.07) is 0. The summed E-state index contributed by atoms with van der Waals surface area (Å²) in [5.74, 6) is -1.25. The number of aliphatic imine (C=N–C) groups is 1. The predicted octanol–water partition coefficient (Wildman–Crippen LogP) is -1.51. The number of rotatable bonds is 5. The summed E-state index contributed by atoms with van der Waals surface area (Å²) in [5, 5.41) is 17.0. The summed E-state index contributed by atoms with van der Waals surface area (Å²) < 4.78 is 0. The van der Waals surface area contributed by atoms with Crippen molar-refractivity contribution in [3.8, 4) is 0 Å². The van der Waals surface area contributed by atoms with E-state index in [1.165, 1.54) is 0 Å². The second-order valence-electron chi connectivity index (χ2n) is 2.30. The van der Waals surface area contributed by atoms with Crippen molar-refractivity contribution in [1.82, 2.24) is 0 Å². The monoisotopic (exact) mass is 181 g/mol. The van der Waals surface area contributed by atoms with E-state index < -0.39 is 12.1 Å². The van der Waals surface area contributed by atoms with Crippen molar-refractivity contribution in [2.24, 2.45) is 16.5 Å². The number of aliphatic hydroxyl groups is 1. The van der Waals surface area contributed by atoms with Gasteiger partial charge in [0.05, 0.1) is 0 Å². The van der Waals surface area contributed by atoms with Crippen LogP contribution in [0.2, 0.25) is 0 Å². The van der Waals surface area contributed by atoms with E-state index in [0.29, 0.717) is 13.0 Å². The van der Waals surface area contributed by atoms with Crippen LogP contribution in [0.5, 0.6) is 0 Å². The van der Waals surface area contributed by atoms with Crippen molar-refractivity contribution in [3.05, 3.63) is 0 Å². The number of carbonyl (C=O) groups is 1. The predicted molar refractivity (Wildman–Crippen MR) is 43.6 cm³/mol. The molecule has 0 amide bonds. The van der Waals surface area contributed by atoms with Crippen molar-refractivity contribution in [2.45, 2.75) is 18.9 Å². The lowest BCUT2D eigenvalue weighted by Crippen LogP contribution is -2.23. The summed E-state index contributed by atoms with van der Waals surface area (Å²) >= 11 is 0. The molecule has 0 unspecified atom stereocenters. The number of carboxylic acid groups (broad SMARTS) is 1. The first-order valence-electron chi connectivity index (χ1n) is 3.50. The largest absolute Gasteiger partial charge is 0.479 e. The number of aliphatic carboxylic acids is 1. The fraction of sp³-hybridized carbons (Fsp3) is 0.667. The van der Waals surface area contributed by atoms with Gasteiger partial charge in [-0.25, -0.2) is 4.79 Å². The van der Waals surface area contributed by atoms with E-state index in [-0.39, 0.29) is 12.4 Å². The lowest BCUT2D eigenvalue weighted by molar-refractivity contribution is -0.146. The molecule has 0 aliphatic carbocycles. The Morgan fingerprint density at radius 3 is 2.50 bits per heavy atom. The summed E-state index contributed by atoms with van der Waals surface area (Å²) in [7, 11) is 0. The number of aliphatic hydroxyl groups excluding tert-OH is 1. The molecule has 0 bridgehead atoms. The van der Waals surface area contributed by atoms with Gasteiger partial charge in [-0.15, -0.1) is 0 Å². The van der Waals surface area contributed by atoms with E-state index >= 15 is 0 Å². The third-order valence-electron chi connectivity index (χ3n) is 1.22. The molecule has 12 heavy (non-hydrogen) atoms. The van der Waals surface area contributed by atoms with E-state index in [4.69, 9.17) is 21.7 Å². The fourth-order valence-corrected chi connectivity index (χ4v) is 0.616. The molecule has 0 rings (SSSR count). The van der Waals surface area contributed by atoms with Crippen LogP contribution in [-0.4, -0.2) is 34.8 Å². The van der Waals surface area contributed by atoms with Crippen LogP contribution in [0.3, 0.4) is 0 Å². The van der Waals surface area contributed by atoms with Gasteiger partial charge in [0.25, 0.3) is 0 Å². The fourth-order valence-electron chi connectivity index (χ4n) is 0.616. The average molecular weight is 181 g/mol. The highest BCUT2D eigenvalue weighted by Gasteiger charge is 2.11. The zero-order valence-electron chi connectivity index (χ0n) is 6.60. The molecule has 0 aliphatic heterocycles. The number of guanidine groups is 1. The van der Waals surface area contributed by atoms with Gasteiger partial charge >= 0.3 is 5.97 Å². The third kappa shape index (κ3) is 5.48. The van der Waals surface area contributed by atoms with Crippen LogP contribution in [0, 0.1) is 0 Å². The molecule has 1 atom stereocenters. The maximum absolute atomic E-state index is 10.1. The molecule has 6 nitrogen and oxygen atoms in total. The smallest absolute Gasteiger partial charge is 0.332 e. The molecule has 70 valence electrons. The Morgan fingerprint density at radius 2 is 2.08 bits per heavy atom. The van der Waals surface area contributed by atoms with E-state index in [1.54, 1.807) is 0 Å². The lowest BCUT2D eigenvalue weighted by Gasteiger charge is -2.02. The third-order valence-corrected chi connectivity index (χ3v) is 1.22. The van der Waals surface area contributed by atoms with Crippen LogP contribution in [0.15, 0.2) is 4.99 Å². The van der Waals surface area contributed by atoms with Gasteiger partial charge in [0.15, 0.2) is 12.1 Å². The van der Waals surface area contributed by atoms with Crippen LogP contribution >= 0.6 is 0 Å². The molecule has 0 saturated heterocycles. The average Bonchev–Trinajstić information content (AvgIpc) is 1.97. The van der Waals surface area contributed by atoms with Gasteiger partial charge in [-0.1, -0.05) is 0 Å². The normalized spacial score (nSPS) is 12.1. The molecule has 0 spiro atoms. The van der Waals surface area contributed by atoms with Crippen LogP contribution < -0.4 is 11.5 Å². The van der Waals surface area contributed by atoms with Gasteiger partial charge in [0.2, 0.25) is 0 Å². The summed E-state index contributed by atoms with van der Waals surface area (Å²) in [6.07, 6.45) is -0.712. The van der Waals surface area contributed by atoms with Crippen molar-refractivity contribution < 1.29 is 15.0 Å². The summed E-state index contributed by atoms with van der Waals surface area (Å²) in [6.45, 7) is 0.340. The van der Waals surface area contributed by atoms with Crippen LogP contribution in [0.4, 0.5) is 0 Å². The Kier molecular flexibility index (Phi) is 4.78. The molecule has 0 aromatic rings. The topological polar surface area (TPSA) is 122 Å². The number of nitrogens with zero attached hydrogens (tertiary/aromatic N) is 1. The van der Waals surface area contributed by atoms with Crippen LogP contribution in [-0.2, 0) is 4.79 Å². The number of hydrogen-bond acceptors (Lipinski definition) is 3. The molecule has 6 heteroatoms. The zero-order valence-corrected chi connectivity index (χ0v) is 6.60. The molecule has 6 N–H and O–H groups in total. The minimum Gasteiger partial charge on any atom is -0.479 e. The van der Waals surface area contributed by atoms with Gasteiger partial charge in [-0.05, 0) is 12.8 Å². The Balaban J connectivity index is 3.44. The Labute approximate surface area is 69.9 Å². The maximum Gasteiger partial charge on any atom is 0.332 e. The summed E-state index contributed by atoms with van der Waals surface area (Å²) in [5.41, 5.74) is 10.0. The zero-order chi connectivity index (χ0) is 9.56. The van der Waals surface area contributed by atoms with Crippen LogP contribution in [0.25, 0.3) is 0 Å². The van der Waals surface area contributed by atoms with Crippen molar-refractivity contribution >= 4 is 11.9 Å². The maximum atomic E-state index is 10.1. The Hall–Kier alpha value is -1.30. The van der Waals surface area contributed by atoms with Gasteiger partial charge < -0.3 is 21.7 Å². The van der Waals surface area contributed by atoms with E-state index in [0.717, 1.165) is 0 Å². The van der Waals surface area contributed by atoms with Gasteiger partial charge in [0.1, 0.15) is 0 Å². The van der Waals surface area contributed by atoms with E-state index in [9.17, 15) is 4.79 Å². The number of hydrogen-bond donors (Lipinski definition) is 4. The molecule has 0 aromatic carbocycles. The molecule has 0 radical (unpaired) electrons. The van der Waals surface area contributed by atoms with Gasteiger partial charge in [-0.3, -0.25) is 4.99 Å². The highest BCUT2D eigenvalue weighted by molar-refractivity contribution is 5.75. The first-order chi connectivity index (χ1) is 5.54. The van der Waals surface area contributed by atoms with E-state index in [2.05, 4.69) is 4.99 Å². The van der Waals surface area contributed by atoms with Crippen molar-refractivity contribution in [1.29, 1.82) is 0 Å². The van der Waals surface area contributed by atoms with Gasteiger partial charge in [-0.2, -0.15) is 0 Å². The first-order valence-corrected chi connectivity index (χ1v) is 3.50. The minimum absolute atomic E-state index is 0.0279. The van der Waals surface area contributed by atoms with Crippen molar-refractivity contribution in [3.63, 3.8) is 0 Å². The lowest BCUT2D eigenvalue weighted by atomic mass is 11.1. The highest BCUT2D eigenvalue weighted by Crippen LogP contribution is 1.96. The highest BCUT2D eigenvalue weighted by atomic mass is 16.5. The molecule has 0 saturated carbocycles. The van der Waals surface area contributed by atoms with Gasteiger partial charge in [0, 0.05) is 6.54 Å². The molecule has 0 fully saturated rings. The van der Waals surface area contributed by atoms with E-state index in [1.807, 2.05) is 0 Å². The molecule has 0 aliphatic rings. The second kappa shape index (κ2) is 5.36. The standard InChI is InChI=1S/C6H13N3O3/c7-6(8)9-3-1-2-4(10)5(11)12/h4,10H,1-3H2,(H,11,12)(H4,7,8,9)/t4-/m0/s1/i1+1,2+1,3+1,4+1,5+1,6+1. The number of nitrogens with two attached hydrogens (primary N) is 2. The molecular formula is C6H13N3O3. The minimum atomic E-state index is -1.32. The molecule has 0 heterocycles. The SMILES string of the molecule is N[13C](N)=N[13CH2][13CH2][13CH2][13C@H](O)[13C](=O)O. The van der Waals surface area contributed by atoms with Crippen LogP contribution in [0.1, 0.15) is 12.8 Å². The molecule has 0 aromatic heterocycles. The summed E-state index contributed by atoms with van der Waals surface area (Å²) in [4.78, 5) is 13.7. The van der Waals surface area contributed by atoms with Crippen molar-refractivity contribution in [2.75, 3.05) is 6.54 Å². The Morgan fingerprint density at radius 1 is 1.50 bits per heavy atom. The molecular weight excluding hydrogens is 168 g/mol. The quantitative estimate of drug-likeness (QED) is 0.178. The second-order valence-corrected chi connectivity index (χ2v) is 2.30.